The fourth-order valence-corrected chi connectivity index (χ4v) is 5.04. The zero-order valence-electron chi connectivity index (χ0n) is 20.2. The van der Waals surface area contributed by atoms with Gasteiger partial charge in [0.1, 0.15) is 0 Å². The molecule has 0 bridgehead atoms. The van der Waals surface area contributed by atoms with Crippen molar-refractivity contribution in [1.82, 2.24) is 24.9 Å². The minimum atomic E-state index is 0.0144. The first-order valence-electron chi connectivity index (χ1n) is 12.7. The van der Waals surface area contributed by atoms with Gasteiger partial charge in [-0.1, -0.05) is 55.0 Å². The van der Waals surface area contributed by atoms with E-state index >= 15 is 0 Å². The van der Waals surface area contributed by atoms with Gasteiger partial charge in [0.15, 0.2) is 5.69 Å². The molecule has 5 rings (SSSR count). The summed E-state index contributed by atoms with van der Waals surface area (Å²) < 4.78 is 1.99. The molecule has 0 spiro atoms. The molecule has 2 amide bonds. The molecular formula is C28H33N5O2. The maximum atomic E-state index is 13.6. The Hall–Kier alpha value is -3.45. The van der Waals surface area contributed by atoms with Crippen LogP contribution in [-0.4, -0.2) is 64.1 Å². The number of piperazine rings is 1. The van der Waals surface area contributed by atoms with Crippen LogP contribution in [0, 0.1) is 0 Å². The number of hydrogen-bond donors (Lipinski definition) is 1. The summed E-state index contributed by atoms with van der Waals surface area (Å²) in [6.07, 6.45) is 5.27. The molecule has 2 aromatic carbocycles. The molecule has 0 unspecified atom stereocenters. The third-order valence-corrected chi connectivity index (χ3v) is 6.99. The third-order valence-electron chi connectivity index (χ3n) is 6.99. The Morgan fingerprint density at radius 1 is 0.829 bits per heavy atom. The number of benzene rings is 2. The van der Waals surface area contributed by atoms with Crippen LogP contribution in [0.4, 0.5) is 0 Å². The van der Waals surface area contributed by atoms with Crippen molar-refractivity contribution < 1.29 is 9.59 Å². The molecule has 3 aromatic rings. The highest BCUT2D eigenvalue weighted by Gasteiger charge is 2.30. The van der Waals surface area contributed by atoms with Crippen LogP contribution in [0.2, 0.25) is 0 Å². The summed E-state index contributed by atoms with van der Waals surface area (Å²) in [5.74, 6) is 0.0339. The highest BCUT2D eigenvalue weighted by Crippen LogP contribution is 2.27. The molecular weight excluding hydrogens is 438 g/mol. The van der Waals surface area contributed by atoms with Gasteiger partial charge in [-0.2, -0.15) is 5.10 Å². The Balaban J connectivity index is 1.22. The average Bonchev–Trinajstić information content (AvgIpc) is 3.09. The second-order valence-corrected chi connectivity index (χ2v) is 9.41. The number of fused-ring (bicyclic) bond motifs is 1. The van der Waals surface area contributed by atoms with Crippen LogP contribution >= 0.6 is 0 Å². The number of rotatable bonds is 6. The largest absolute Gasteiger partial charge is 0.351 e. The fourth-order valence-electron chi connectivity index (χ4n) is 5.04. The Morgan fingerprint density at radius 2 is 1.51 bits per heavy atom. The molecule has 35 heavy (non-hydrogen) atoms. The summed E-state index contributed by atoms with van der Waals surface area (Å²) in [5, 5.41) is 7.84. The van der Waals surface area contributed by atoms with Crippen LogP contribution < -0.4 is 5.32 Å². The number of carbonyl (C=O) groups excluding carboxylic acids is 2. The van der Waals surface area contributed by atoms with E-state index in [1.54, 1.807) is 0 Å². The topological polar surface area (TPSA) is 70.5 Å². The van der Waals surface area contributed by atoms with Crippen molar-refractivity contribution in [2.75, 3.05) is 32.7 Å². The second-order valence-electron chi connectivity index (χ2n) is 9.41. The van der Waals surface area contributed by atoms with E-state index in [0.29, 0.717) is 45.0 Å². The van der Waals surface area contributed by atoms with Gasteiger partial charge in [-0.3, -0.25) is 14.5 Å². The quantitative estimate of drug-likeness (QED) is 0.561. The molecule has 0 atom stereocenters. The second kappa shape index (κ2) is 10.9. The van der Waals surface area contributed by atoms with E-state index in [2.05, 4.69) is 10.2 Å². The number of amides is 2. The summed E-state index contributed by atoms with van der Waals surface area (Å²) in [6, 6.07) is 20.0. The molecule has 0 saturated carbocycles. The van der Waals surface area contributed by atoms with Gasteiger partial charge in [-0.25, -0.2) is 4.68 Å². The molecule has 1 N–H and O–H groups in total. The first-order valence-corrected chi connectivity index (χ1v) is 12.7. The highest BCUT2D eigenvalue weighted by atomic mass is 16.2. The third kappa shape index (κ3) is 5.46. The minimum absolute atomic E-state index is 0.0144. The Morgan fingerprint density at radius 3 is 2.26 bits per heavy atom. The number of para-hydroxylation sites is 1. The van der Waals surface area contributed by atoms with Gasteiger partial charge < -0.3 is 10.2 Å². The van der Waals surface area contributed by atoms with Crippen LogP contribution in [0.25, 0.3) is 5.69 Å². The highest BCUT2D eigenvalue weighted by molar-refractivity contribution is 5.94. The van der Waals surface area contributed by atoms with E-state index in [0.717, 1.165) is 42.5 Å². The van der Waals surface area contributed by atoms with Gasteiger partial charge in [0, 0.05) is 44.0 Å². The molecule has 7 heteroatoms. The lowest BCUT2D eigenvalue weighted by atomic mass is 10.1. The standard InChI is InChI=1S/C28H33N5O2/c34-26(29-20-22-10-4-1-5-11-22)21-31-16-18-32(19-17-31)28(35)27-24-14-8-3-9-15-25(24)33(30-27)23-12-6-2-7-13-23/h1-2,4-7,10-13H,3,8-9,14-21H2,(H,29,34). The molecule has 0 radical (unpaired) electrons. The first-order chi connectivity index (χ1) is 17.2. The van der Waals surface area contributed by atoms with Crippen LogP contribution in [0.5, 0.6) is 0 Å². The van der Waals surface area contributed by atoms with Crippen molar-refractivity contribution in [3.8, 4) is 5.69 Å². The first kappa shape index (κ1) is 23.3. The monoisotopic (exact) mass is 471 g/mol. The van der Waals surface area contributed by atoms with Crippen molar-refractivity contribution in [3.63, 3.8) is 0 Å². The van der Waals surface area contributed by atoms with Gasteiger partial charge in [0.05, 0.1) is 12.2 Å². The van der Waals surface area contributed by atoms with Crippen LogP contribution in [0.1, 0.15) is 46.6 Å². The molecule has 1 fully saturated rings. The lowest BCUT2D eigenvalue weighted by molar-refractivity contribution is -0.122. The van der Waals surface area contributed by atoms with E-state index in [4.69, 9.17) is 5.10 Å². The summed E-state index contributed by atoms with van der Waals surface area (Å²) in [6.45, 7) is 3.48. The molecule has 1 aliphatic carbocycles. The average molecular weight is 472 g/mol. The van der Waals surface area contributed by atoms with E-state index < -0.39 is 0 Å². The summed E-state index contributed by atoms with van der Waals surface area (Å²) >= 11 is 0. The van der Waals surface area contributed by atoms with Gasteiger partial charge in [-0.15, -0.1) is 0 Å². The summed E-state index contributed by atoms with van der Waals surface area (Å²) in [5.41, 5.74) is 5.02. The fraction of sp³-hybridized carbons (Fsp3) is 0.393. The molecule has 7 nitrogen and oxygen atoms in total. The lowest BCUT2D eigenvalue weighted by Crippen LogP contribution is -2.51. The minimum Gasteiger partial charge on any atom is -0.351 e. The van der Waals surface area contributed by atoms with Gasteiger partial charge in [0.25, 0.3) is 5.91 Å². The number of aromatic nitrogens is 2. The normalized spacial score (nSPS) is 16.4. The van der Waals surface area contributed by atoms with Crippen LogP contribution in [0.3, 0.4) is 0 Å². The van der Waals surface area contributed by atoms with Crippen molar-refractivity contribution >= 4 is 11.8 Å². The Bertz CT molecular complexity index is 1150. The van der Waals surface area contributed by atoms with Crippen molar-refractivity contribution in [2.24, 2.45) is 0 Å². The molecule has 1 aliphatic heterocycles. The number of carbonyl (C=O) groups is 2. The predicted molar refractivity (Wildman–Crippen MR) is 135 cm³/mol. The summed E-state index contributed by atoms with van der Waals surface area (Å²) in [4.78, 5) is 30.0. The lowest BCUT2D eigenvalue weighted by Gasteiger charge is -2.34. The van der Waals surface area contributed by atoms with Gasteiger partial charge >= 0.3 is 0 Å². The number of hydrogen-bond acceptors (Lipinski definition) is 4. The van der Waals surface area contributed by atoms with Crippen molar-refractivity contribution in [1.29, 1.82) is 0 Å². The van der Waals surface area contributed by atoms with Crippen molar-refractivity contribution in [2.45, 2.75) is 38.6 Å². The van der Waals surface area contributed by atoms with Crippen molar-refractivity contribution in [3.05, 3.63) is 83.2 Å². The molecule has 2 aliphatic rings. The zero-order chi connectivity index (χ0) is 24.0. The van der Waals surface area contributed by atoms with Crippen LogP contribution in [-0.2, 0) is 24.2 Å². The smallest absolute Gasteiger partial charge is 0.274 e. The number of nitrogens with one attached hydrogen (secondary N) is 1. The predicted octanol–water partition coefficient (Wildman–Crippen LogP) is 3.22. The molecule has 1 aromatic heterocycles. The maximum Gasteiger partial charge on any atom is 0.274 e. The van der Waals surface area contributed by atoms with E-state index in [9.17, 15) is 9.59 Å². The Kier molecular flexibility index (Phi) is 7.23. The molecule has 2 heterocycles. The SMILES string of the molecule is O=C(CN1CCN(C(=O)c2nn(-c3ccccc3)c3c2CCCCC3)CC1)NCc1ccccc1. The summed E-state index contributed by atoms with van der Waals surface area (Å²) in [7, 11) is 0. The van der Waals surface area contributed by atoms with E-state index in [1.165, 1.54) is 12.1 Å². The molecule has 182 valence electrons. The Labute approximate surface area is 206 Å². The van der Waals surface area contributed by atoms with Gasteiger partial charge in [-0.05, 0) is 43.4 Å². The zero-order valence-corrected chi connectivity index (χ0v) is 20.2. The maximum absolute atomic E-state index is 13.6. The van der Waals surface area contributed by atoms with Crippen LogP contribution in [0.15, 0.2) is 60.7 Å². The molecule has 1 saturated heterocycles. The van der Waals surface area contributed by atoms with Gasteiger partial charge in [0.2, 0.25) is 5.91 Å². The van der Waals surface area contributed by atoms with E-state index in [1.807, 2.05) is 70.2 Å². The number of nitrogens with zero attached hydrogens (tertiary/aromatic N) is 4. The van der Waals surface area contributed by atoms with E-state index in [-0.39, 0.29) is 11.8 Å².